The molecule has 10 heavy (non-hydrogen) atoms. The SMILES string of the molecule is COC(=S)NC1CCCC1. The highest BCUT2D eigenvalue weighted by Crippen LogP contribution is 2.17. The minimum Gasteiger partial charge on any atom is -0.474 e. The molecule has 0 bridgehead atoms. The largest absolute Gasteiger partial charge is 0.474 e. The van der Waals surface area contributed by atoms with Crippen LogP contribution in [-0.2, 0) is 4.74 Å². The van der Waals surface area contributed by atoms with E-state index in [0.29, 0.717) is 11.2 Å². The van der Waals surface area contributed by atoms with Crippen LogP contribution in [0.4, 0.5) is 0 Å². The predicted molar refractivity (Wildman–Crippen MR) is 45.0 cm³/mol. The van der Waals surface area contributed by atoms with E-state index in [0.717, 1.165) is 0 Å². The molecule has 0 aromatic rings. The van der Waals surface area contributed by atoms with Gasteiger partial charge < -0.3 is 10.1 Å². The summed E-state index contributed by atoms with van der Waals surface area (Å²) in [5, 5.41) is 3.67. The second-order valence-corrected chi connectivity index (χ2v) is 2.99. The quantitative estimate of drug-likeness (QED) is 0.585. The van der Waals surface area contributed by atoms with E-state index in [-0.39, 0.29) is 0 Å². The Hall–Kier alpha value is -0.310. The number of nitrogens with one attached hydrogen (secondary N) is 1. The van der Waals surface area contributed by atoms with Crippen LogP contribution in [0.3, 0.4) is 0 Å². The second kappa shape index (κ2) is 3.76. The number of methoxy groups -OCH3 is 1. The normalized spacial score (nSPS) is 18.9. The summed E-state index contributed by atoms with van der Waals surface area (Å²) in [5.41, 5.74) is 0. The summed E-state index contributed by atoms with van der Waals surface area (Å²) in [4.78, 5) is 0. The number of rotatable bonds is 1. The molecular formula is C7H13NOS. The molecule has 2 nitrogen and oxygen atoms in total. The fourth-order valence-electron chi connectivity index (χ4n) is 1.30. The van der Waals surface area contributed by atoms with Crippen molar-refractivity contribution in [3.63, 3.8) is 0 Å². The monoisotopic (exact) mass is 159 g/mol. The smallest absolute Gasteiger partial charge is 0.256 e. The molecule has 0 saturated heterocycles. The molecule has 1 N–H and O–H groups in total. The Kier molecular flexibility index (Phi) is 2.93. The summed E-state index contributed by atoms with van der Waals surface area (Å²) in [6.07, 6.45) is 5.13. The van der Waals surface area contributed by atoms with E-state index >= 15 is 0 Å². The van der Waals surface area contributed by atoms with Gasteiger partial charge in [-0.2, -0.15) is 0 Å². The number of hydrogen-bond acceptors (Lipinski definition) is 2. The number of thiocarbonyl (C=S) groups is 1. The van der Waals surface area contributed by atoms with Crippen LogP contribution in [-0.4, -0.2) is 18.3 Å². The van der Waals surface area contributed by atoms with Gasteiger partial charge in [-0.3, -0.25) is 0 Å². The molecule has 0 radical (unpaired) electrons. The first-order chi connectivity index (χ1) is 4.83. The molecule has 1 aliphatic rings. The van der Waals surface area contributed by atoms with Gasteiger partial charge in [0.05, 0.1) is 7.11 Å². The lowest BCUT2D eigenvalue weighted by molar-refractivity contribution is 0.382. The number of hydrogen-bond donors (Lipinski definition) is 1. The van der Waals surface area contributed by atoms with Gasteiger partial charge in [-0.15, -0.1) is 0 Å². The zero-order chi connectivity index (χ0) is 7.40. The van der Waals surface area contributed by atoms with Gasteiger partial charge in [0.2, 0.25) is 0 Å². The Morgan fingerprint density at radius 2 is 2.10 bits per heavy atom. The molecule has 1 fully saturated rings. The van der Waals surface area contributed by atoms with Crippen molar-refractivity contribution in [1.82, 2.24) is 5.32 Å². The molecule has 58 valence electrons. The van der Waals surface area contributed by atoms with Crippen molar-refractivity contribution < 1.29 is 4.74 Å². The summed E-state index contributed by atoms with van der Waals surface area (Å²) in [6.45, 7) is 0. The van der Waals surface area contributed by atoms with E-state index in [1.807, 2.05) is 0 Å². The molecule has 1 aliphatic carbocycles. The van der Waals surface area contributed by atoms with Crippen LogP contribution >= 0.6 is 12.2 Å². The van der Waals surface area contributed by atoms with E-state index in [9.17, 15) is 0 Å². The Labute approximate surface area is 66.9 Å². The maximum absolute atomic E-state index is 4.86. The van der Waals surface area contributed by atoms with Gasteiger partial charge in [0.1, 0.15) is 0 Å². The molecule has 0 heterocycles. The van der Waals surface area contributed by atoms with Crippen molar-refractivity contribution in [3.8, 4) is 0 Å². The maximum atomic E-state index is 4.86. The average molecular weight is 159 g/mol. The molecule has 0 spiro atoms. The van der Waals surface area contributed by atoms with Crippen LogP contribution in [0.25, 0.3) is 0 Å². The fourth-order valence-corrected chi connectivity index (χ4v) is 1.46. The lowest BCUT2D eigenvalue weighted by Crippen LogP contribution is -2.32. The van der Waals surface area contributed by atoms with Crippen molar-refractivity contribution in [2.24, 2.45) is 0 Å². The predicted octanol–water partition coefficient (Wildman–Crippen LogP) is 1.45. The third-order valence-corrected chi connectivity index (χ3v) is 2.15. The molecule has 0 aromatic heterocycles. The van der Waals surface area contributed by atoms with Crippen molar-refractivity contribution >= 4 is 17.4 Å². The van der Waals surface area contributed by atoms with E-state index in [4.69, 9.17) is 17.0 Å². The van der Waals surface area contributed by atoms with E-state index in [2.05, 4.69) is 5.32 Å². The Bertz CT molecular complexity index is 121. The Morgan fingerprint density at radius 1 is 1.50 bits per heavy atom. The second-order valence-electron chi connectivity index (χ2n) is 2.62. The summed E-state index contributed by atoms with van der Waals surface area (Å²) in [5.74, 6) is 0. The standard InChI is InChI=1S/C7H13NOS/c1-9-7(10)8-6-4-2-3-5-6/h6H,2-5H2,1H3,(H,8,10). The van der Waals surface area contributed by atoms with Gasteiger partial charge in [-0.05, 0) is 25.1 Å². The molecule has 0 aromatic carbocycles. The van der Waals surface area contributed by atoms with Crippen molar-refractivity contribution in [2.45, 2.75) is 31.7 Å². The van der Waals surface area contributed by atoms with Crippen LogP contribution < -0.4 is 5.32 Å². The summed E-state index contributed by atoms with van der Waals surface area (Å²) >= 11 is 4.86. The molecule has 0 unspecified atom stereocenters. The van der Waals surface area contributed by atoms with E-state index in [1.54, 1.807) is 7.11 Å². The minimum atomic E-state index is 0.534. The lowest BCUT2D eigenvalue weighted by Gasteiger charge is -2.11. The highest BCUT2D eigenvalue weighted by Gasteiger charge is 2.14. The third kappa shape index (κ3) is 2.14. The third-order valence-electron chi connectivity index (χ3n) is 1.86. The summed E-state index contributed by atoms with van der Waals surface area (Å²) < 4.78 is 4.83. The van der Waals surface area contributed by atoms with E-state index in [1.165, 1.54) is 25.7 Å². The van der Waals surface area contributed by atoms with E-state index < -0.39 is 0 Å². The Morgan fingerprint density at radius 3 is 2.60 bits per heavy atom. The van der Waals surface area contributed by atoms with Crippen molar-refractivity contribution in [3.05, 3.63) is 0 Å². The molecule has 0 aliphatic heterocycles. The topological polar surface area (TPSA) is 21.3 Å². The van der Waals surface area contributed by atoms with Crippen molar-refractivity contribution in [1.29, 1.82) is 0 Å². The van der Waals surface area contributed by atoms with Gasteiger partial charge in [0, 0.05) is 6.04 Å². The van der Waals surface area contributed by atoms with Gasteiger partial charge >= 0.3 is 0 Å². The number of ether oxygens (including phenoxy) is 1. The minimum absolute atomic E-state index is 0.534. The molecule has 0 amide bonds. The lowest BCUT2D eigenvalue weighted by atomic mass is 10.3. The van der Waals surface area contributed by atoms with Crippen LogP contribution in [0, 0.1) is 0 Å². The molecule has 0 atom stereocenters. The first-order valence-electron chi connectivity index (χ1n) is 3.67. The molecule has 3 heteroatoms. The Balaban J connectivity index is 2.17. The maximum Gasteiger partial charge on any atom is 0.256 e. The van der Waals surface area contributed by atoms with Crippen LogP contribution in [0.15, 0.2) is 0 Å². The first kappa shape index (κ1) is 7.79. The zero-order valence-corrected chi connectivity index (χ0v) is 7.04. The van der Waals surface area contributed by atoms with Crippen LogP contribution in [0.1, 0.15) is 25.7 Å². The first-order valence-corrected chi connectivity index (χ1v) is 4.08. The average Bonchev–Trinajstić information content (AvgIpc) is 2.40. The highest BCUT2D eigenvalue weighted by molar-refractivity contribution is 7.80. The molecule has 1 saturated carbocycles. The summed E-state index contributed by atoms with van der Waals surface area (Å²) in [6, 6.07) is 0.576. The summed E-state index contributed by atoms with van der Waals surface area (Å²) in [7, 11) is 1.60. The van der Waals surface area contributed by atoms with Gasteiger partial charge in [-0.25, -0.2) is 0 Å². The fraction of sp³-hybridized carbons (Fsp3) is 0.857. The zero-order valence-electron chi connectivity index (χ0n) is 6.22. The van der Waals surface area contributed by atoms with Crippen molar-refractivity contribution in [2.75, 3.05) is 7.11 Å². The molecular weight excluding hydrogens is 146 g/mol. The van der Waals surface area contributed by atoms with Gasteiger partial charge in [0.15, 0.2) is 0 Å². The van der Waals surface area contributed by atoms with Gasteiger partial charge in [-0.1, -0.05) is 12.8 Å². The molecule has 1 rings (SSSR count). The highest BCUT2D eigenvalue weighted by atomic mass is 32.1. The van der Waals surface area contributed by atoms with Crippen LogP contribution in [0.5, 0.6) is 0 Å². The van der Waals surface area contributed by atoms with Gasteiger partial charge in [0.25, 0.3) is 5.17 Å². The van der Waals surface area contributed by atoms with Crippen LogP contribution in [0.2, 0.25) is 0 Å².